The Labute approximate surface area is 131 Å². The van der Waals surface area contributed by atoms with Gasteiger partial charge < -0.3 is 5.32 Å². The van der Waals surface area contributed by atoms with Crippen LogP contribution in [0, 0.1) is 10.5 Å². The van der Waals surface area contributed by atoms with E-state index in [0.29, 0.717) is 11.4 Å². The summed E-state index contributed by atoms with van der Waals surface area (Å²) in [5, 5.41) is 3.58. The highest BCUT2D eigenvalue weighted by Crippen LogP contribution is 2.22. The molecule has 0 aliphatic heterocycles. The molecular weight excluding hydrogens is 373 g/mol. The lowest BCUT2D eigenvalue weighted by atomic mass is 10.1. The van der Waals surface area contributed by atoms with Crippen molar-refractivity contribution in [2.24, 2.45) is 0 Å². The van der Waals surface area contributed by atoms with Gasteiger partial charge in [0.05, 0.1) is 12.1 Å². The Hall–Kier alpha value is -1.07. The average molecular weight is 386 g/mol. The molecule has 0 saturated heterocycles. The lowest BCUT2D eigenvalue weighted by molar-refractivity contribution is -0.115. The molecule has 0 bridgehead atoms. The second kappa shape index (κ2) is 6.39. The smallest absolute Gasteiger partial charge is 0.228 e. The second-order valence-corrected chi connectivity index (χ2v) is 5.87. The Balaban J connectivity index is 2.08. The molecule has 0 fully saturated rings. The van der Waals surface area contributed by atoms with Crippen LogP contribution >= 0.6 is 34.2 Å². The highest BCUT2D eigenvalue weighted by atomic mass is 127. The Kier molecular flexibility index (Phi) is 4.82. The normalized spacial score (nSPS) is 10.3. The van der Waals surface area contributed by atoms with Gasteiger partial charge in [0, 0.05) is 8.59 Å². The molecule has 1 N–H and O–H groups in total. The molecule has 2 rings (SSSR count). The van der Waals surface area contributed by atoms with Gasteiger partial charge in [-0.25, -0.2) is 0 Å². The number of amides is 1. The van der Waals surface area contributed by atoms with Gasteiger partial charge in [0.1, 0.15) is 0 Å². The fraction of sp³-hybridized carbons (Fsp3) is 0.133. The lowest BCUT2D eigenvalue weighted by Gasteiger charge is -2.09. The van der Waals surface area contributed by atoms with E-state index in [4.69, 9.17) is 11.6 Å². The average Bonchev–Trinajstić information content (AvgIpc) is 2.36. The maximum atomic E-state index is 12.0. The van der Waals surface area contributed by atoms with E-state index in [1.807, 2.05) is 43.3 Å². The van der Waals surface area contributed by atoms with Crippen molar-refractivity contribution in [1.82, 2.24) is 0 Å². The second-order valence-electron chi connectivity index (χ2n) is 4.28. The minimum Gasteiger partial charge on any atom is -0.325 e. The number of halogens is 2. The molecule has 2 aromatic carbocycles. The standard InChI is InChI=1S/C15H13ClINO/c1-10-4-2-3-5-11(10)8-15(19)18-14-7-6-12(16)9-13(14)17/h2-7,9H,8H2,1H3,(H,18,19). The van der Waals surface area contributed by atoms with Crippen LogP contribution in [0.1, 0.15) is 11.1 Å². The van der Waals surface area contributed by atoms with Crippen molar-refractivity contribution < 1.29 is 4.79 Å². The summed E-state index contributed by atoms with van der Waals surface area (Å²) in [5.74, 6) is -0.0189. The number of hydrogen-bond donors (Lipinski definition) is 1. The minimum absolute atomic E-state index is 0.0189. The van der Waals surface area contributed by atoms with E-state index in [1.165, 1.54) is 0 Å². The molecule has 2 aromatic rings. The predicted molar refractivity (Wildman–Crippen MR) is 87.7 cm³/mol. The van der Waals surface area contributed by atoms with Gasteiger partial charge in [-0.1, -0.05) is 35.9 Å². The van der Waals surface area contributed by atoms with E-state index >= 15 is 0 Å². The fourth-order valence-corrected chi connectivity index (χ4v) is 2.77. The number of aryl methyl sites for hydroxylation is 1. The first-order valence-electron chi connectivity index (χ1n) is 5.85. The van der Waals surface area contributed by atoms with E-state index in [9.17, 15) is 4.79 Å². The Morgan fingerprint density at radius 2 is 2.00 bits per heavy atom. The van der Waals surface area contributed by atoms with Crippen LogP contribution in [0.4, 0.5) is 5.69 Å². The molecule has 0 saturated carbocycles. The molecule has 98 valence electrons. The van der Waals surface area contributed by atoms with Gasteiger partial charge in [0.2, 0.25) is 5.91 Å². The summed E-state index contributed by atoms with van der Waals surface area (Å²) in [6.07, 6.45) is 0.380. The summed E-state index contributed by atoms with van der Waals surface area (Å²) < 4.78 is 0.934. The van der Waals surface area contributed by atoms with Crippen LogP contribution in [0.3, 0.4) is 0 Å². The third kappa shape index (κ3) is 3.94. The first-order chi connectivity index (χ1) is 9.06. The molecular formula is C15H13ClINO. The maximum absolute atomic E-state index is 12.0. The van der Waals surface area contributed by atoms with Crippen LogP contribution in [-0.2, 0) is 11.2 Å². The first kappa shape index (κ1) is 14.3. The number of anilines is 1. The van der Waals surface area contributed by atoms with E-state index in [0.717, 1.165) is 20.4 Å². The summed E-state index contributed by atoms with van der Waals surface area (Å²) >= 11 is 8.04. The summed E-state index contributed by atoms with van der Waals surface area (Å²) in [6.45, 7) is 2.01. The Morgan fingerprint density at radius 1 is 1.26 bits per heavy atom. The van der Waals surface area contributed by atoms with Crippen LogP contribution in [0.5, 0.6) is 0 Å². The van der Waals surface area contributed by atoms with Crippen molar-refractivity contribution in [3.05, 3.63) is 62.2 Å². The van der Waals surface area contributed by atoms with Gasteiger partial charge in [-0.15, -0.1) is 0 Å². The maximum Gasteiger partial charge on any atom is 0.228 e. The quantitative estimate of drug-likeness (QED) is 0.778. The van der Waals surface area contributed by atoms with Crippen molar-refractivity contribution in [1.29, 1.82) is 0 Å². The van der Waals surface area contributed by atoms with Gasteiger partial charge in [-0.05, 0) is 58.8 Å². The van der Waals surface area contributed by atoms with E-state index in [2.05, 4.69) is 27.9 Å². The molecule has 4 heteroatoms. The van der Waals surface area contributed by atoms with Crippen LogP contribution in [0.15, 0.2) is 42.5 Å². The van der Waals surface area contributed by atoms with Crippen molar-refractivity contribution in [3.63, 3.8) is 0 Å². The fourth-order valence-electron chi connectivity index (χ4n) is 1.77. The molecule has 0 spiro atoms. The first-order valence-corrected chi connectivity index (χ1v) is 7.31. The summed E-state index contributed by atoms with van der Waals surface area (Å²) in [4.78, 5) is 12.0. The molecule has 0 unspecified atom stereocenters. The molecule has 0 heterocycles. The van der Waals surface area contributed by atoms with Crippen LogP contribution in [-0.4, -0.2) is 5.91 Å². The van der Waals surface area contributed by atoms with Crippen LogP contribution < -0.4 is 5.32 Å². The van der Waals surface area contributed by atoms with Gasteiger partial charge in [-0.3, -0.25) is 4.79 Å². The van der Waals surface area contributed by atoms with Crippen LogP contribution in [0.25, 0.3) is 0 Å². The van der Waals surface area contributed by atoms with E-state index < -0.39 is 0 Å². The minimum atomic E-state index is -0.0189. The third-order valence-electron chi connectivity index (χ3n) is 2.82. The molecule has 0 radical (unpaired) electrons. The number of rotatable bonds is 3. The number of benzene rings is 2. The third-order valence-corrected chi connectivity index (χ3v) is 3.95. The Bertz CT molecular complexity index is 613. The summed E-state index contributed by atoms with van der Waals surface area (Å²) in [6, 6.07) is 13.3. The molecule has 0 aliphatic rings. The zero-order valence-corrected chi connectivity index (χ0v) is 13.3. The van der Waals surface area contributed by atoms with Gasteiger partial charge in [0.15, 0.2) is 0 Å². The topological polar surface area (TPSA) is 29.1 Å². The number of hydrogen-bond acceptors (Lipinski definition) is 1. The van der Waals surface area contributed by atoms with Crippen molar-refractivity contribution in [2.75, 3.05) is 5.32 Å². The molecule has 1 amide bonds. The number of carbonyl (C=O) groups excluding carboxylic acids is 1. The highest BCUT2D eigenvalue weighted by Gasteiger charge is 2.08. The number of nitrogens with one attached hydrogen (secondary N) is 1. The summed E-state index contributed by atoms with van der Waals surface area (Å²) in [7, 11) is 0. The molecule has 0 aliphatic carbocycles. The van der Waals surface area contributed by atoms with Crippen molar-refractivity contribution in [3.8, 4) is 0 Å². The summed E-state index contributed by atoms with van der Waals surface area (Å²) in [5.41, 5.74) is 2.97. The number of carbonyl (C=O) groups is 1. The molecule has 19 heavy (non-hydrogen) atoms. The van der Waals surface area contributed by atoms with Crippen LogP contribution in [0.2, 0.25) is 5.02 Å². The monoisotopic (exact) mass is 385 g/mol. The predicted octanol–water partition coefficient (Wildman–Crippen LogP) is 4.43. The zero-order valence-electron chi connectivity index (χ0n) is 10.4. The Morgan fingerprint density at radius 3 is 2.68 bits per heavy atom. The highest BCUT2D eigenvalue weighted by molar-refractivity contribution is 14.1. The SMILES string of the molecule is Cc1ccccc1CC(=O)Nc1ccc(Cl)cc1I. The van der Waals surface area contributed by atoms with Gasteiger partial charge in [-0.2, -0.15) is 0 Å². The largest absolute Gasteiger partial charge is 0.325 e. The van der Waals surface area contributed by atoms with Gasteiger partial charge in [0.25, 0.3) is 0 Å². The van der Waals surface area contributed by atoms with Crippen molar-refractivity contribution >= 4 is 45.8 Å². The molecule has 0 atom stereocenters. The lowest BCUT2D eigenvalue weighted by Crippen LogP contribution is -2.15. The van der Waals surface area contributed by atoms with Gasteiger partial charge >= 0.3 is 0 Å². The van der Waals surface area contributed by atoms with E-state index in [1.54, 1.807) is 6.07 Å². The molecule has 0 aromatic heterocycles. The van der Waals surface area contributed by atoms with E-state index in [-0.39, 0.29) is 5.91 Å². The zero-order chi connectivity index (χ0) is 13.8. The van der Waals surface area contributed by atoms with Crippen molar-refractivity contribution in [2.45, 2.75) is 13.3 Å². The molecule has 2 nitrogen and oxygen atoms in total.